The van der Waals surface area contributed by atoms with E-state index in [1.807, 2.05) is 18.0 Å². The predicted octanol–water partition coefficient (Wildman–Crippen LogP) is 3.31. The summed E-state index contributed by atoms with van der Waals surface area (Å²) in [6, 6.07) is 1.90. The number of aryl methyl sites for hydroxylation is 2. The van der Waals surface area contributed by atoms with E-state index in [1.165, 1.54) is 12.8 Å². The summed E-state index contributed by atoms with van der Waals surface area (Å²) in [5.41, 5.74) is 1.01. The molecule has 1 atom stereocenters. The van der Waals surface area contributed by atoms with Gasteiger partial charge in [-0.25, -0.2) is 4.79 Å². The summed E-state index contributed by atoms with van der Waals surface area (Å²) in [5.74, 6) is 3.30. The summed E-state index contributed by atoms with van der Waals surface area (Å²) in [6.07, 6.45) is 7.38. The van der Waals surface area contributed by atoms with Crippen molar-refractivity contribution in [2.45, 2.75) is 71.4 Å². The number of nitrogens with one attached hydrogen (secondary N) is 1. The van der Waals surface area contributed by atoms with Crippen LogP contribution in [0.25, 0.3) is 0 Å². The third-order valence-corrected chi connectivity index (χ3v) is 5.73. The van der Waals surface area contributed by atoms with E-state index < -0.39 is 0 Å². The summed E-state index contributed by atoms with van der Waals surface area (Å²) in [5, 5.41) is 16.5. The average Bonchev–Trinajstić information content (AvgIpc) is 3.30. The number of amides is 2. The van der Waals surface area contributed by atoms with Gasteiger partial charge in [-0.15, -0.1) is 10.2 Å². The Hall–Kier alpha value is -2.38. The molecule has 0 unspecified atom stereocenters. The summed E-state index contributed by atoms with van der Waals surface area (Å²) in [7, 11) is 1.87. The van der Waals surface area contributed by atoms with Crippen LogP contribution >= 0.6 is 0 Å². The zero-order valence-corrected chi connectivity index (χ0v) is 17.2. The van der Waals surface area contributed by atoms with Gasteiger partial charge in [-0.05, 0) is 38.0 Å². The fourth-order valence-corrected chi connectivity index (χ4v) is 4.38. The number of carbonyl (C=O) groups excluding carboxylic acids is 1. The molecule has 2 aromatic rings. The van der Waals surface area contributed by atoms with Crippen LogP contribution < -0.4 is 5.32 Å². The molecule has 8 heteroatoms. The number of nitrogens with zero attached hydrogens (tertiary/aromatic N) is 6. The standard InChI is InChI=1S/C20H31N7O/c1-14(2)12-15-13-18(25(3)24-15)21-20(28)26-11-7-8-16(26)19-23-22-17-9-5-4-6-10-27(17)19/h13-14,16H,4-12H2,1-3H3,(H,21,28)/t16-/m0/s1. The Bertz CT molecular complexity index is 838. The van der Waals surface area contributed by atoms with Gasteiger partial charge in [0.2, 0.25) is 0 Å². The van der Waals surface area contributed by atoms with Crippen LogP contribution in [-0.2, 0) is 26.4 Å². The molecule has 8 nitrogen and oxygen atoms in total. The molecular formula is C20H31N7O. The Labute approximate surface area is 166 Å². The van der Waals surface area contributed by atoms with E-state index in [2.05, 4.69) is 39.0 Å². The molecule has 2 aromatic heterocycles. The molecule has 0 saturated carbocycles. The number of fused-ring (bicyclic) bond motifs is 1. The molecule has 4 rings (SSSR count). The van der Waals surface area contributed by atoms with E-state index >= 15 is 0 Å². The van der Waals surface area contributed by atoms with Crippen LogP contribution in [0.3, 0.4) is 0 Å². The van der Waals surface area contributed by atoms with Crippen LogP contribution in [0, 0.1) is 5.92 Å². The van der Waals surface area contributed by atoms with Crippen LogP contribution in [0.2, 0.25) is 0 Å². The third kappa shape index (κ3) is 3.77. The molecule has 2 aliphatic heterocycles. The summed E-state index contributed by atoms with van der Waals surface area (Å²) >= 11 is 0. The van der Waals surface area contributed by atoms with Gasteiger partial charge in [0.25, 0.3) is 0 Å². The van der Waals surface area contributed by atoms with E-state index in [0.29, 0.717) is 5.92 Å². The zero-order chi connectivity index (χ0) is 19.7. The van der Waals surface area contributed by atoms with E-state index in [4.69, 9.17) is 0 Å². The van der Waals surface area contributed by atoms with Gasteiger partial charge in [0.15, 0.2) is 5.82 Å². The molecule has 0 aromatic carbocycles. The molecule has 28 heavy (non-hydrogen) atoms. The summed E-state index contributed by atoms with van der Waals surface area (Å²) in [6.45, 7) is 6.05. The van der Waals surface area contributed by atoms with Gasteiger partial charge >= 0.3 is 6.03 Å². The normalized spacial score (nSPS) is 19.7. The molecule has 0 aliphatic carbocycles. The molecule has 0 bridgehead atoms. The van der Waals surface area contributed by atoms with Crippen molar-refractivity contribution in [3.8, 4) is 0 Å². The highest BCUT2D eigenvalue weighted by atomic mass is 16.2. The van der Waals surface area contributed by atoms with E-state index in [-0.39, 0.29) is 12.1 Å². The van der Waals surface area contributed by atoms with Crippen LogP contribution in [0.15, 0.2) is 6.07 Å². The van der Waals surface area contributed by atoms with Crippen molar-refractivity contribution in [1.82, 2.24) is 29.4 Å². The van der Waals surface area contributed by atoms with Crippen LogP contribution in [0.1, 0.15) is 69.3 Å². The number of aromatic nitrogens is 5. The van der Waals surface area contributed by atoms with Crippen LogP contribution in [-0.4, -0.2) is 42.0 Å². The number of likely N-dealkylation sites (tertiary alicyclic amines) is 1. The van der Waals surface area contributed by atoms with Gasteiger partial charge in [-0.1, -0.05) is 20.3 Å². The molecule has 152 valence electrons. The lowest BCUT2D eigenvalue weighted by atomic mass is 10.1. The Morgan fingerprint density at radius 3 is 2.89 bits per heavy atom. The Balaban J connectivity index is 1.50. The van der Waals surface area contributed by atoms with Crippen LogP contribution in [0.5, 0.6) is 0 Å². The Morgan fingerprint density at radius 1 is 1.21 bits per heavy atom. The number of carbonyl (C=O) groups is 1. The highest BCUT2D eigenvalue weighted by Crippen LogP contribution is 2.32. The quantitative estimate of drug-likeness (QED) is 0.875. The van der Waals surface area contributed by atoms with Crippen molar-refractivity contribution >= 4 is 11.8 Å². The minimum absolute atomic E-state index is 0.00251. The van der Waals surface area contributed by atoms with Gasteiger partial charge in [-0.3, -0.25) is 10.00 Å². The molecule has 1 N–H and O–H groups in total. The first-order valence-corrected chi connectivity index (χ1v) is 10.6. The number of hydrogen-bond acceptors (Lipinski definition) is 4. The average molecular weight is 386 g/mol. The van der Waals surface area contributed by atoms with E-state index in [1.54, 1.807) is 4.68 Å². The lowest BCUT2D eigenvalue weighted by molar-refractivity contribution is 0.203. The van der Waals surface area contributed by atoms with E-state index in [9.17, 15) is 4.79 Å². The Kier molecular flexibility index (Phi) is 5.37. The molecule has 4 heterocycles. The highest BCUT2D eigenvalue weighted by Gasteiger charge is 2.34. The van der Waals surface area contributed by atoms with Crippen molar-refractivity contribution in [3.63, 3.8) is 0 Å². The lowest BCUT2D eigenvalue weighted by Crippen LogP contribution is -2.36. The van der Waals surface area contributed by atoms with Gasteiger partial charge in [0.05, 0.1) is 11.7 Å². The SMILES string of the molecule is CC(C)Cc1cc(NC(=O)N2CCC[C@H]2c2nnc3n2CCCCC3)n(C)n1. The van der Waals surface area contributed by atoms with Crippen molar-refractivity contribution in [2.24, 2.45) is 13.0 Å². The van der Waals surface area contributed by atoms with Crippen molar-refractivity contribution < 1.29 is 4.79 Å². The second-order valence-corrected chi connectivity index (χ2v) is 8.46. The fraction of sp³-hybridized carbons (Fsp3) is 0.700. The molecule has 1 fully saturated rings. The minimum atomic E-state index is -0.0763. The minimum Gasteiger partial charge on any atom is -0.314 e. The smallest absolute Gasteiger partial charge is 0.314 e. The van der Waals surface area contributed by atoms with Gasteiger partial charge in [0.1, 0.15) is 11.6 Å². The first kappa shape index (κ1) is 19.0. The Morgan fingerprint density at radius 2 is 2.07 bits per heavy atom. The van der Waals surface area contributed by atoms with Gasteiger partial charge in [-0.2, -0.15) is 5.10 Å². The maximum atomic E-state index is 13.1. The molecular weight excluding hydrogens is 354 g/mol. The van der Waals surface area contributed by atoms with E-state index in [0.717, 1.165) is 68.4 Å². The number of urea groups is 1. The largest absolute Gasteiger partial charge is 0.323 e. The zero-order valence-electron chi connectivity index (χ0n) is 17.2. The first-order chi connectivity index (χ1) is 13.5. The highest BCUT2D eigenvalue weighted by molar-refractivity contribution is 5.89. The van der Waals surface area contributed by atoms with Gasteiger partial charge in [0, 0.05) is 32.6 Å². The van der Waals surface area contributed by atoms with Crippen molar-refractivity contribution in [3.05, 3.63) is 23.4 Å². The number of hydrogen-bond donors (Lipinski definition) is 1. The predicted molar refractivity (Wildman–Crippen MR) is 107 cm³/mol. The molecule has 1 saturated heterocycles. The molecule has 0 radical (unpaired) electrons. The maximum Gasteiger partial charge on any atom is 0.323 e. The fourth-order valence-electron chi connectivity index (χ4n) is 4.38. The molecule has 2 aliphatic rings. The number of anilines is 1. The third-order valence-electron chi connectivity index (χ3n) is 5.73. The number of rotatable bonds is 4. The molecule has 2 amide bonds. The molecule has 0 spiro atoms. The van der Waals surface area contributed by atoms with Crippen LogP contribution in [0.4, 0.5) is 10.6 Å². The van der Waals surface area contributed by atoms with Gasteiger partial charge < -0.3 is 9.47 Å². The second-order valence-electron chi connectivity index (χ2n) is 8.46. The second kappa shape index (κ2) is 7.93. The first-order valence-electron chi connectivity index (χ1n) is 10.6. The topological polar surface area (TPSA) is 80.9 Å². The summed E-state index contributed by atoms with van der Waals surface area (Å²) < 4.78 is 4.01. The lowest BCUT2D eigenvalue weighted by Gasteiger charge is -2.25. The van der Waals surface area contributed by atoms with Crippen molar-refractivity contribution in [1.29, 1.82) is 0 Å². The van der Waals surface area contributed by atoms with Crippen molar-refractivity contribution in [2.75, 3.05) is 11.9 Å². The summed E-state index contributed by atoms with van der Waals surface area (Å²) in [4.78, 5) is 15.0. The monoisotopic (exact) mass is 385 g/mol. The maximum absolute atomic E-state index is 13.1.